The molecule has 1 heterocycles. The highest BCUT2D eigenvalue weighted by Crippen LogP contribution is 2.36. The number of hydrogen-bond acceptors (Lipinski definition) is 5. The SMILES string of the molecule is CCCNC(=O)C(C)OC(=O)c1cccc(S(=O)(=O)N2c3ccccc3CC2C)c1. The molecule has 2 aromatic carbocycles. The van der Waals surface area contributed by atoms with Gasteiger partial charge in [-0.1, -0.05) is 31.2 Å². The van der Waals surface area contributed by atoms with Crippen LogP contribution in [0.5, 0.6) is 0 Å². The van der Waals surface area contributed by atoms with Crippen LogP contribution < -0.4 is 9.62 Å². The van der Waals surface area contributed by atoms with E-state index in [-0.39, 0.29) is 16.5 Å². The zero-order valence-corrected chi connectivity index (χ0v) is 18.1. The number of rotatable bonds is 7. The molecule has 160 valence electrons. The Labute approximate surface area is 177 Å². The molecule has 0 aliphatic carbocycles. The smallest absolute Gasteiger partial charge is 0.338 e. The Morgan fingerprint density at radius 3 is 2.67 bits per heavy atom. The Balaban J connectivity index is 1.83. The summed E-state index contributed by atoms with van der Waals surface area (Å²) in [6.45, 7) is 5.74. The van der Waals surface area contributed by atoms with Gasteiger partial charge >= 0.3 is 5.97 Å². The number of ether oxygens (including phenoxy) is 1. The summed E-state index contributed by atoms with van der Waals surface area (Å²) < 4.78 is 33.3. The first-order valence-electron chi connectivity index (χ1n) is 9.96. The number of esters is 1. The lowest BCUT2D eigenvalue weighted by molar-refractivity contribution is -0.129. The standard InChI is InChI=1S/C22H26N2O5S/c1-4-12-23-21(25)16(3)29-22(26)18-9-7-10-19(14-18)30(27,28)24-15(2)13-17-8-5-6-11-20(17)24/h5-11,14-16H,4,12-13H2,1-3H3,(H,23,25). The second-order valence-corrected chi connectivity index (χ2v) is 9.16. The van der Waals surface area contributed by atoms with Gasteiger partial charge in [0.05, 0.1) is 16.1 Å². The van der Waals surface area contributed by atoms with Gasteiger partial charge in [-0.2, -0.15) is 0 Å². The monoisotopic (exact) mass is 430 g/mol. The number of nitrogens with one attached hydrogen (secondary N) is 1. The molecule has 3 rings (SSSR count). The van der Waals surface area contributed by atoms with Crippen LogP contribution in [0.2, 0.25) is 0 Å². The van der Waals surface area contributed by atoms with Gasteiger partial charge in [-0.25, -0.2) is 13.2 Å². The fourth-order valence-electron chi connectivity index (χ4n) is 3.47. The van der Waals surface area contributed by atoms with Crippen molar-refractivity contribution in [1.82, 2.24) is 5.32 Å². The van der Waals surface area contributed by atoms with E-state index < -0.39 is 28.0 Å². The highest BCUT2D eigenvalue weighted by molar-refractivity contribution is 7.92. The molecule has 30 heavy (non-hydrogen) atoms. The van der Waals surface area contributed by atoms with Gasteiger partial charge in [-0.05, 0) is 56.5 Å². The van der Waals surface area contributed by atoms with Gasteiger partial charge in [0.15, 0.2) is 6.10 Å². The molecule has 0 fully saturated rings. The van der Waals surface area contributed by atoms with Gasteiger partial charge in [-0.15, -0.1) is 0 Å². The van der Waals surface area contributed by atoms with Gasteiger partial charge in [0.1, 0.15) is 0 Å². The van der Waals surface area contributed by atoms with Crippen molar-refractivity contribution >= 4 is 27.6 Å². The van der Waals surface area contributed by atoms with Crippen LogP contribution in [0.25, 0.3) is 0 Å². The molecule has 0 bridgehead atoms. The first kappa shape index (κ1) is 21.8. The number of carbonyl (C=O) groups excluding carboxylic acids is 2. The Morgan fingerprint density at radius 1 is 1.20 bits per heavy atom. The third-order valence-corrected chi connectivity index (χ3v) is 6.90. The van der Waals surface area contributed by atoms with Crippen LogP contribution in [-0.2, 0) is 26.0 Å². The molecule has 8 heteroatoms. The van der Waals surface area contributed by atoms with E-state index >= 15 is 0 Å². The highest BCUT2D eigenvalue weighted by Gasteiger charge is 2.36. The van der Waals surface area contributed by atoms with Crippen molar-refractivity contribution < 1.29 is 22.7 Å². The van der Waals surface area contributed by atoms with Gasteiger partial charge < -0.3 is 10.1 Å². The lowest BCUT2D eigenvalue weighted by Gasteiger charge is -2.24. The summed E-state index contributed by atoms with van der Waals surface area (Å²) in [5.74, 6) is -1.14. The molecule has 1 N–H and O–H groups in total. The molecular weight excluding hydrogens is 404 g/mol. The molecule has 0 spiro atoms. The van der Waals surface area contributed by atoms with Crippen LogP contribution in [0, 0.1) is 0 Å². The zero-order valence-electron chi connectivity index (χ0n) is 17.3. The van der Waals surface area contributed by atoms with Crippen molar-refractivity contribution in [3.8, 4) is 0 Å². The Kier molecular flexibility index (Phi) is 6.45. The van der Waals surface area contributed by atoms with E-state index in [1.165, 1.54) is 35.5 Å². The van der Waals surface area contributed by atoms with Crippen molar-refractivity contribution in [2.24, 2.45) is 0 Å². The number of para-hydroxylation sites is 1. The number of carbonyl (C=O) groups is 2. The van der Waals surface area contributed by atoms with Crippen LogP contribution in [0.4, 0.5) is 5.69 Å². The first-order valence-corrected chi connectivity index (χ1v) is 11.4. The Hall–Kier alpha value is -2.87. The summed E-state index contributed by atoms with van der Waals surface area (Å²) in [5.41, 5.74) is 1.70. The maximum Gasteiger partial charge on any atom is 0.338 e. The number of benzene rings is 2. The van der Waals surface area contributed by atoms with Crippen LogP contribution in [0.1, 0.15) is 43.1 Å². The topological polar surface area (TPSA) is 92.8 Å². The number of sulfonamides is 1. The van der Waals surface area contributed by atoms with E-state index in [1.807, 2.05) is 26.0 Å². The summed E-state index contributed by atoms with van der Waals surface area (Å²) >= 11 is 0. The number of fused-ring (bicyclic) bond motifs is 1. The molecule has 1 aliphatic heterocycles. The maximum atomic E-state index is 13.3. The molecule has 2 atom stereocenters. The molecular formula is C22H26N2O5S. The molecule has 0 radical (unpaired) electrons. The van der Waals surface area contributed by atoms with Crippen LogP contribution in [0.3, 0.4) is 0 Å². The summed E-state index contributed by atoms with van der Waals surface area (Å²) in [7, 11) is -3.87. The first-order chi connectivity index (χ1) is 14.3. The second kappa shape index (κ2) is 8.87. The van der Waals surface area contributed by atoms with Crippen LogP contribution in [-0.4, -0.2) is 39.0 Å². The highest BCUT2D eigenvalue weighted by atomic mass is 32.2. The number of nitrogens with zero attached hydrogens (tertiary/aromatic N) is 1. The summed E-state index contributed by atoms with van der Waals surface area (Å²) in [5, 5.41) is 2.66. The lowest BCUT2D eigenvalue weighted by Crippen LogP contribution is -2.36. The normalized spacial score (nSPS) is 16.6. The van der Waals surface area contributed by atoms with E-state index in [4.69, 9.17) is 4.74 Å². The minimum absolute atomic E-state index is 0.00332. The van der Waals surface area contributed by atoms with Crippen LogP contribution in [0.15, 0.2) is 53.4 Å². The van der Waals surface area contributed by atoms with E-state index in [1.54, 1.807) is 12.1 Å². The van der Waals surface area contributed by atoms with Gasteiger partial charge in [-0.3, -0.25) is 9.10 Å². The van der Waals surface area contributed by atoms with Crippen molar-refractivity contribution in [3.63, 3.8) is 0 Å². The van der Waals surface area contributed by atoms with Crippen LogP contribution >= 0.6 is 0 Å². The van der Waals surface area contributed by atoms with Gasteiger partial charge in [0.25, 0.3) is 15.9 Å². The third-order valence-electron chi connectivity index (χ3n) is 4.97. The van der Waals surface area contributed by atoms with E-state index in [2.05, 4.69) is 5.32 Å². The molecule has 0 aromatic heterocycles. The largest absolute Gasteiger partial charge is 0.449 e. The second-order valence-electron chi connectivity index (χ2n) is 7.35. The number of anilines is 1. The molecule has 7 nitrogen and oxygen atoms in total. The fourth-order valence-corrected chi connectivity index (χ4v) is 5.21. The van der Waals surface area contributed by atoms with Gasteiger partial charge in [0, 0.05) is 12.6 Å². The number of amides is 1. The third kappa shape index (κ3) is 4.33. The fraction of sp³-hybridized carbons (Fsp3) is 0.364. The zero-order chi connectivity index (χ0) is 21.9. The lowest BCUT2D eigenvalue weighted by atomic mass is 10.1. The molecule has 1 aliphatic rings. The molecule has 2 aromatic rings. The summed E-state index contributed by atoms with van der Waals surface area (Å²) in [4.78, 5) is 24.4. The van der Waals surface area contributed by atoms with Gasteiger partial charge in [0.2, 0.25) is 0 Å². The predicted octanol–water partition coefficient (Wildman–Crippen LogP) is 2.90. The Morgan fingerprint density at radius 2 is 1.93 bits per heavy atom. The van der Waals surface area contributed by atoms with E-state index in [0.717, 1.165) is 12.0 Å². The quantitative estimate of drug-likeness (QED) is 0.682. The molecule has 0 saturated carbocycles. The summed E-state index contributed by atoms with van der Waals surface area (Å²) in [6.07, 6.45) is 0.418. The van der Waals surface area contributed by atoms with Crippen molar-refractivity contribution in [2.45, 2.75) is 50.7 Å². The minimum Gasteiger partial charge on any atom is -0.449 e. The Bertz CT molecular complexity index is 1050. The molecule has 2 unspecified atom stereocenters. The minimum atomic E-state index is -3.87. The van der Waals surface area contributed by atoms with Crippen molar-refractivity contribution in [3.05, 3.63) is 59.7 Å². The average Bonchev–Trinajstić information content (AvgIpc) is 3.08. The van der Waals surface area contributed by atoms with Crippen molar-refractivity contribution in [1.29, 1.82) is 0 Å². The molecule has 0 saturated heterocycles. The van der Waals surface area contributed by atoms with E-state index in [0.29, 0.717) is 18.7 Å². The number of hydrogen-bond donors (Lipinski definition) is 1. The predicted molar refractivity (Wildman–Crippen MR) is 114 cm³/mol. The maximum absolute atomic E-state index is 13.3. The van der Waals surface area contributed by atoms with E-state index in [9.17, 15) is 18.0 Å². The average molecular weight is 431 g/mol. The summed E-state index contributed by atoms with van der Waals surface area (Å²) in [6, 6.07) is 12.9. The molecule has 1 amide bonds. The van der Waals surface area contributed by atoms with Crippen molar-refractivity contribution in [2.75, 3.05) is 10.8 Å².